The van der Waals surface area contributed by atoms with Crippen LogP contribution in [0.25, 0.3) is 0 Å². The monoisotopic (exact) mass is 242 g/mol. The summed E-state index contributed by atoms with van der Waals surface area (Å²) in [5.41, 5.74) is 0. The fraction of sp³-hybridized carbons (Fsp3) is 0.200. The second-order valence-electron chi connectivity index (χ2n) is 2.43. The molecule has 0 heterocycles. The number of benzene rings is 1. The van der Waals surface area contributed by atoms with Gasteiger partial charge in [-0.1, -0.05) is 34.1 Å². The van der Waals surface area contributed by atoms with Crippen molar-refractivity contribution in [3.05, 3.63) is 36.4 Å². The van der Waals surface area contributed by atoms with Crippen LogP contribution in [0.3, 0.4) is 0 Å². The van der Waals surface area contributed by atoms with Crippen LogP contribution in [0.4, 0.5) is 0 Å². The van der Waals surface area contributed by atoms with Crippen molar-refractivity contribution in [2.24, 2.45) is 0 Å². The lowest BCUT2D eigenvalue weighted by Crippen LogP contribution is -1.92. The van der Waals surface area contributed by atoms with Crippen molar-refractivity contribution < 1.29 is 9.84 Å². The number of ether oxygens (including phenoxy) is 1. The van der Waals surface area contributed by atoms with E-state index in [4.69, 9.17) is 9.84 Å². The van der Waals surface area contributed by atoms with E-state index in [1.54, 1.807) is 18.2 Å². The summed E-state index contributed by atoms with van der Waals surface area (Å²) < 4.78 is 5.32. The van der Waals surface area contributed by atoms with Gasteiger partial charge in [-0.25, -0.2) is 0 Å². The number of allylic oxidation sites excluding steroid dienone is 1. The van der Waals surface area contributed by atoms with Crippen LogP contribution in [0.15, 0.2) is 36.4 Å². The molecule has 0 amide bonds. The average Bonchev–Trinajstić information content (AvgIpc) is 2.13. The first kappa shape index (κ1) is 10.1. The first-order valence-electron chi connectivity index (χ1n) is 3.95. The van der Waals surface area contributed by atoms with Crippen LogP contribution in [0.1, 0.15) is 0 Å². The molecule has 0 aliphatic heterocycles. The van der Waals surface area contributed by atoms with Crippen molar-refractivity contribution in [3.63, 3.8) is 0 Å². The maximum atomic E-state index is 9.11. The van der Waals surface area contributed by atoms with Gasteiger partial charge in [0.2, 0.25) is 0 Å². The number of phenols is 1. The molecule has 1 aromatic rings. The van der Waals surface area contributed by atoms with E-state index in [-0.39, 0.29) is 5.75 Å². The second kappa shape index (κ2) is 5.65. The number of halogens is 1. The number of hydrogen-bond donors (Lipinski definition) is 1. The van der Waals surface area contributed by atoms with E-state index in [1.165, 1.54) is 0 Å². The zero-order valence-corrected chi connectivity index (χ0v) is 8.70. The fourth-order valence-electron chi connectivity index (χ4n) is 0.849. The lowest BCUT2D eigenvalue weighted by molar-refractivity contribution is 0.359. The molecule has 70 valence electrons. The molecule has 0 unspecified atom stereocenters. The average molecular weight is 243 g/mol. The van der Waals surface area contributed by atoms with E-state index >= 15 is 0 Å². The van der Waals surface area contributed by atoms with Gasteiger partial charge < -0.3 is 9.84 Å². The van der Waals surface area contributed by atoms with Crippen LogP contribution >= 0.6 is 15.9 Å². The first-order valence-corrected chi connectivity index (χ1v) is 5.08. The Morgan fingerprint density at radius 3 is 2.92 bits per heavy atom. The molecule has 0 saturated carbocycles. The maximum Gasteiger partial charge on any atom is 0.123 e. The highest BCUT2D eigenvalue weighted by Gasteiger charge is 1.92. The molecule has 0 saturated heterocycles. The highest BCUT2D eigenvalue weighted by Crippen LogP contribution is 2.17. The maximum absolute atomic E-state index is 9.11. The molecule has 1 N–H and O–H groups in total. The predicted octanol–water partition coefficient (Wildman–Crippen LogP) is 2.72. The molecule has 1 rings (SSSR count). The standard InChI is InChI=1S/C10H11BrO2/c11-6-1-2-7-13-10-5-3-4-9(12)8-10/h1-5,8,12H,6-7H2/b2-1+. The summed E-state index contributed by atoms with van der Waals surface area (Å²) >= 11 is 3.27. The Bertz CT molecular complexity index is 284. The SMILES string of the molecule is Oc1cccc(OC/C=C/CBr)c1. The number of phenolic OH excluding ortho intramolecular Hbond substituents is 1. The summed E-state index contributed by atoms with van der Waals surface area (Å²) in [6.07, 6.45) is 3.88. The van der Waals surface area contributed by atoms with Crippen molar-refractivity contribution in [1.29, 1.82) is 0 Å². The molecule has 3 heteroatoms. The van der Waals surface area contributed by atoms with Crippen LogP contribution in [0.5, 0.6) is 11.5 Å². The van der Waals surface area contributed by atoms with E-state index in [1.807, 2.05) is 18.2 Å². The zero-order valence-electron chi connectivity index (χ0n) is 7.11. The highest BCUT2D eigenvalue weighted by atomic mass is 79.9. The molecule has 2 nitrogen and oxygen atoms in total. The third-order valence-corrected chi connectivity index (χ3v) is 1.79. The van der Waals surface area contributed by atoms with Gasteiger partial charge in [-0.3, -0.25) is 0 Å². The third kappa shape index (κ3) is 3.99. The molecule has 0 aliphatic carbocycles. The Morgan fingerprint density at radius 2 is 2.23 bits per heavy atom. The molecule has 0 bridgehead atoms. The Hall–Kier alpha value is -0.960. The van der Waals surface area contributed by atoms with Crippen LogP contribution < -0.4 is 4.74 Å². The molecule has 0 aliphatic rings. The van der Waals surface area contributed by atoms with Crippen LogP contribution in [-0.2, 0) is 0 Å². The molecule has 1 aromatic carbocycles. The molecule has 13 heavy (non-hydrogen) atoms. The summed E-state index contributed by atoms with van der Waals surface area (Å²) in [6, 6.07) is 6.75. The van der Waals surface area contributed by atoms with Gasteiger partial charge in [0.15, 0.2) is 0 Å². The van der Waals surface area contributed by atoms with E-state index in [2.05, 4.69) is 15.9 Å². The normalized spacial score (nSPS) is 10.5. The van der Waals surface area contributed by atoms with Crippen molar-refractivity contribution in [3.8, 4) is 11.5 Å². The highest BCUT2D eigenvalue weighted by molar-refractivity contribution is 9.09. The zero-order chi connectivity index (χ0) is 9.52. The largest absolute Gasteiger partial charge is 0.508 e. The lowest BCUT2D eigenvalue weighted by Gasteiger charge is -2.02. The van der Waals surface area contributed by atoms with Gasteiger partial charge in [0.1, 0.15) is 18.1 Å². The van der Waals surface area contributed by atoms with Crippen molar-refractivity contribution in [1.82, 2.24) is 0 Å². The molecular formula is C10H11BrO2. The van der Waals surface area contributed by atoms with Crippen molar-refractivity contribution in [2.75, 3.05) is 11.9 Å². The lowest BCUT2D eigenvalue weighted by atomic mass is 10.3. The van der Waals surface area contributed by atoms with Crippen LogP contribution in [0.2, 0.25) is 0 Å². The molecule has 0 fully saturated rings. The van der Waals surface area contributed by atoms with E-state index in [0.29, 0.717) is 12.4 Å². The fourth-order valence-corrected chi connectivity index (χ4v) is 1.11. The Labute approximate surface area is 86.0 Å². The molecular weight excluding hydrogens is 232 g/mol. The Balaban J connectivity index is 2.41. The van der Waals surface area contributed by atoms with E-state index in [0.717, 1.165) is 5.33 Å². The minimum Gasteiger partial charge on any atom is -0.508 e. The number of hydrogen-bond acceptors (Lipinski definition) is 2. The topological polar surface area (TPSA) is 29.5 Å². The summed E-state index contributed by atoms with van der Waals surface area (Å²) in [5, 5.41) is 9.94. The Kier molecular flexibility index (Phi) is 4.40. The summed E-state index contributed by atoms with van der Waals surface area (Å²) in [4.78, 5) is 0. The van der Waals surface area contributed by atoms with E-state index in [9.17, 15) is 0 Å². The molecule has 0 spiro atoms. The number of aromatic hydroxyl groups is 1. The van der Waals surface area contributed by atoms with Gasteiger partial charge in [-0.2, -0.15) is 0 Å². The van der Waals surface area contributed by atoms with Crippen molar-refractivity contribution in [2.45, 2.75) is 0 Å². The summed E-state index contributed by atoms with van der Waals surface area (Å²) in [7, 11) is 0. The molecule has 0 atom stereocenters. The van der Waals surface area contributed by atoms with Gasteiger partial charge in [0.25, 0.3) is 0 Å². The molecule has 0 radical (unpaired) electrons. The van der Waals surface area contributed by atoms with Gasteiger partial charge in [0.05, 0.1) is 0 Å². The van der Waals surface area contributed by atoms with Crippen molar-refractivity contribution >= 4 is 15.9 Å². The predicted molar refractivity (Wildman–Crippen MR) is 56.5 cm³/mol. The number of alkyl halides is 1. The minimum absolute atomic E-state index is 0.224. The number of rotatable bonds is 4. The third-order valence-electron chi connectivity index (χ3n) is 1.42. The van der Waals surface area contributed by atoms with Crippen LogP contribution in [0, 0.1) is 0 Å². The van der Waals surface area contributed by atoms with Gasteiger partial charge >= 0.3 is 0 Å². The molecule has 0 aromatic heterocycles. The Morgan fingerprint density at radius 1 is 1.38 bits per heavy atom. The smallest absolute Gasteiger partial charge is 0.123 e. The van der Waals surface area contributed by atoms with E-state index < -0.39 is 0 Å². The van der Waals surface area contributed by atoms with Crippen LogP contribution in [-0.4, -0.2) is 17.0 Å². The first-order chi connectivity index (χ1) is 6.33. The minimum atomic E-state index is 0.224. The van der Waals surface area contributed by atoms with Gasteiger partial charge in [-0.05, 0) is 12.1 Å². The van der Waals surface area contributed by atoms with Gasteiger partial charge in [-0.15, -0.1) is 0 Å². The summed E-state index contributed by atoms with van der Waals surface area (Å²) in [5.74, 6) is 0.904. The van der Waals surface area contributed by atoms with Gasteiger partial charge in [0, 0.05) is 11.4 Å². The second-order valence-corrected chi connectivity index (χ2v) is 3.08. The summed E-state index contributed by atoms with van der Waals surface area (Å²) in [6.45, 7) is 0.523. The quantitative estimate of drug-likeness (QED) is 0.650.